The van der Waals surface area contributed by atoms with Gasteiger partial charge in [-0.15, -0.1) is 0 Å². The Morgan fingerprint density at radius 3 is 1.80 bits per heavy atom. The Balaban J connectivity index is 4.50. The van der Waals surface area contributed by atoms with Gasteiger partial charge in [0, 0.05) is 12.8 Å². The zero-order chi connectivity index (χ0) is 32.9. The number of carbonyl (C=O) groups is 3. The van der Waals surface area contributed by atoms with E-state index in [1.807, 2.05) is 19.1 Å². The van der Waals surface area contributed by atoms with E-state index in [2.05, 4.69) is 60.1 Å². The number of carboxylic acid groups (broad SMARTS) is 1. The molecule has 0 amide bonds. The molecular formula is C32H52NO10P. The van der Waals surface area contributed by atoms with Gasteiger partial charge in [-0.1, -0.05) is 87.4 Å². The number of hydrogen-bond donors (Lipinski definition) is 3. The fourth-order valence-electron chi connectivity index (χ4n) is 3.33. The summed E-state index contributed by atoms with van der Waals surface area (Å²) in [6.45, 7) is 2.36. The highest BCUT2D eigenvalue weighted by Gasteiger charge is 2.28. The minimum Gasteiger partial charge on any atom is -0.480 e. The number of ether oxygens (including phenoxy) is 2. The van der Waals surface area contributed by atoms with Crippen LogP contribution in [0.2, 0.25) is 0 Å². The number of rotatable bonds is 27. The Labute approximate surface area is 262 Å². The van der Waals surface area contributed by atoms with E-state index in [9.17, 15) is 23.8 Å². The molecule has 0 aromatic carbocycles. The second kappa shape index (κ2) is 27.7. The van der Waals surface area contributed by atoms with E-state index in [0.717, 1.165) is 44.9 Å². The van der Waals surface area contributed by atoms with Crippen molar-refractivity contribution in [3.8, 4) is 0 Å². The van der Waals surface area contributed by atoms with Gasteiger partial charge in [0.2, 0.25) is 0 Å². The molecule has 0 aromatic heterocycles. The largest absolute Gasteiger partial charge is 0.480 e. The van der Waals surface area contributed by atoms with Crippen LogP contribution in [0.5, 0.6) is 0 Å². The van der Waals surface area contributed by atoms with Crippen LogP contribution in [0.4, 0.5) is 0 Å². The van der Waals surface area contributed by atoms with Crippen molar-refractivity contribution in [2.45, 2.75) is 103 Å². The number of nitrogens with two attached hydrogens (primary N) is 1. The molecule has 0 saturated carbocycles. The number of carboxylic acids is 1. The first-order valence-electron chi connectivity index (χ1n) is 15.3. The normalized spacial score (nSPS) is 15.0. The lowest BCUT2D eigenvalue weighted by molar-refractivity contribution is -0.161. The van der Waals surface area contributed by atoms with Gasteiger partial charge in [0.05, 0.1) is 13.2 Å². The highest BCUT2D eigenvalue weighted by molar-refractivity contribution is 7.47. The van der Waals surface area contributed by atoms with Gasteiger partial charge >= 0.3 is 25.7 Å². The minimum atomic E-state index is -4.71. The summed E-state index contributed by atoms with van der Waals surface area (Å²) in [7, 11) is -4.71. The molecule has 11 nitrogen and oxygen atoms in total. The molecule has 12 heteroatoms. The van der Waals surface area contributed by atoms with Gasteiger partial charge in [-0.3, -0.25) is 23.4 Å². The van der Waals surface area contributed by atoms with Crippen LogP contribution in [-0.4, -0.2) is 59.9 Å². The van der Waals surface area contributed by atoms with Gasteiger partial charge in [-0.25, -0.2) is 4.57 Å². The molecule has 3 unspecified atom stereocenters. The molecule has 0 spiro atoms. The van der Waals surface area contributed by atoms with Crippen LogP contribution in [0.15, 0.2) is 60.8 Å². The maximum absolute atomic E-state index is 12.4. The monoisotopic (exact) mass is 641 g/mol. The summed E-state index contributed by atoms with van der Waals surface area (Å²) in [5.41, 5.74) is 5.26. The summed E-state index contributed by atoms with van der Waals surface area (Å²) in [5.74, 6) is -2.50. The quantitative estimate of drug-likeness (QED) is 0.0387. The van der Waals surface area contributed by atoms with E-state index < -0.39 is 51.1 Å². The lowest BCUT2D eigenvalue weighted by Gasteiger charge is -2.20. The SMILES string of the molecule is CC/C=C\C/C=C\C/C=C\C/C=C\C/C=C\CCCC(=O)OC(COC(=O)CCCCC)COP(=O)(O)OCC(N)C(=O)O. The number of unbranched alkanes of at least 4 members (excludes halogenated alkanes) is 3. The smallest absolute Gasteiger partial charge is 0.472 e. The van der Waals surface area contributed by atoms with Crippen molar-refractivity contribution in [1.82, 2.24) is 0 Å². The minimum absolute atomic E-state index is 0.0794. The Bertz CT molecular complexity index is 990. The first kappa shape index (κ1) is 41.2. The molecule has 44 heavy (non-hydrogen) atoms. The average molecular weight is 642 g/mol. The molecule has 0 heterocycles. The summed E-state index contributed by atoms with van der Waals surface area (Å²) >= 11 is 0. The number of aliphatic carboxylic acids is 1. The van der Waals surface area contributed by atoms with Crippen LogP contribution in [0.1, 0.15) is 90.9 Å². The molecule has 250 valence electrons. The second-order valence-corrected chi connectivity index (χ2v) is 11.3. The maximum atomic E-state index is 12.4. The van der Waals surface area contributed by atoms with E-state index in [0.29, 0.717) is 19.3 Å². The predicted octanol–water partition coefficient (Wildman–Crippen LogP) is 6.49. The number of allylic oxidation sites excluding steroid dienone is 10. The van der Waals surface area contributed by atoms with Crippen LogP contribution in [-0.2, 0) is 37.5 Å². The topological polar surface area (TPSA) is 172 Å². The summed E-state index contributed by atoms with van der Waals surface area (Å²) in [6, 6.07) is -1.53. The summed E-state index contributed by atoms with van der Waals surface area (Å²) in [6.07, 6.45) is 28.4. The Kier molecular flexibility index (Phi) is 25.9. The Hall–Kier alpha value is -2.82. The third-order valence-corrected chi connectivity index (χ3v) is 6.73. The van der Waals surface area contributed by atoms with Crippen LogP contribution in [0, 0.1) is 0 Å². The third-order valence-electron chi connectivity index (χ3n) is 5.78. The average Bonchev–Trinajstić information content (AvgIpc) is 2.99. The molecule has 0 aromatic rings. The molecule has 0 aliphatic carbocycles. The first-order valence-corrected chi connectivity index (χ1v) is 16.8. The molecule has 3 atom stereocenters. The molecule has 0 radical (unpaired) electrons. The van der Waals surface area contributed by atoms with Crippen LogP contribution < -0.4 is 5.73 Å². The lowest BCUT2D eigenvalue weighted by atomic mass is 10.2. The molecule has 0 saturated heterocycles. The van der Waals surface area contributed by atoms with E-state index >= 15 is 0 Å². The summed E-state index contributed by atoms with van der Waals surface area (Å²) in [4.78, 5) is 44.9. The highest BCUT2D eigenvalue weighted by Crippen LogP contribution is 2.43. The van der Waals surface area contributed by atoms with Crippen molar-refractivity contribution in [2.75, 3.05) is 19.8 Å². The zero-order valence-corrected chi connectivity index (χ0v) is 27.1. The standard InChI is InChI=1S/C32H52NO10P/c1-3-5-7-8-9-10-11-12-13-14-15-16-17-18-19-20-22-24-31(35)43-28(25-40-30(34)23-21-6-4-2)26-41-44(38,39)42-27-29(33)32(36)37/h5,7,9-10,12-13,15-16,18-19,28-29H,3-4,6,8,11,14,17,20-27,33H2,1-2H3,(H,36,37)(H,38,39)/b7-5-,10-9-,13-12-,16-15-,19-18-. The van der Waals surface area contributed by atoms with E-state index in [4.69, 9.17) is 24.8 Å². The fraction of sp³-hybridized carbons (Fsp3) is 0.594. The van der Waals surface area contributed by atoms with E-state index in [1.165, 1.54) is 0 Å². The summed E-state index contributed by atoms with van der Waals surface area (Å²) < 4.78 is 32.0. The maximum Gasteiger partial charge on any atom is 0.472 e. The van der Waals surface area contributed by atoms with Crippen molar-refractivity contribution >= 4 is 25.7 Å². The van der Waals surface area contributed by atoms with Gasteiger partial charge in [0.1, 0.15) is 12.6 Å². The van der Waals surface area contributed by atoms with Crippen LogP contribution in [0.3, 0.4) is 0 Å². The number of esters is 2. The molecule has 0 aliphatic rings. The Morgan fingerprint density at radius 2 is 1.25 bits per heavy atom. The lowest BCUT2D eigenvalue weighted by Crippen LogP contribution is -2.34. The number of hydrogen-bond acceptors (Lipinski definition) is 9. The molecule has 4 N–H and O–H groups in total. The second-order valence-electron chi connectivity index (χ2n) is 9.86. The van der Waals surface area contributed by atoms with Crippen LogP contribution >= 0.6 is 7.82 Å². The van der Waals surface area contributed by atoms with Gasteiger partial charge < -0.3 is 25.2 Å². The van der Waals surface area contributed by atoms with Crippen molar-refractivity contribution in [1.29, 1.82) is 0 Å². The van der Waals surface area contributed by atoms with Crippen molar-refractivity contribution in [2.24, 2.45) is 5.73 Å². The van der Waals surface area contributed by atoms with E-state index in [1.54, 1.807) is 0 Å². The molecule has 0 aliphatic heterocycles. The number of carbonyl (C=O) groups excluding carboxylic acids is 2. The van der Waals surface area contributed by atoms with Gasteiger partial charge in [0.15, 0.2) is 6.10 Å². The van der Waals surface area contributed by atoms with Crippen LogP contribution in [0.25, 0.3) is 0 Å². The Morgan fingerprint density at radius 1 is 0.727 bits per heavy atom. The third kappa shape index (κ3) is 26.8. The zero-order valence-electron chi connectivity index (χ0n) is 26.2. The number of phosphoric acid groups is 1. The fourth-order valence-corrected chi connectivity index (χ4v) is 4.11. The van der Waals surface area contributed by atoms with Crippen molar-refractivity contribution in [3.63, 3.8) is 0 Å². The van der Waals surface area contributed by atoms with Gasteiger partial charge in [0.25, 0.3) is 0 Å². The first-order chi connectivity index (χ1) is 21.1. The number of phosphoric ester groups is 1. The van der Waals surface area contributed by atoms with Gasteiger partial charge in [-0.2, -0.15) is 0 Å². The van der Waals surface area contributed by atoms with E-state index in [-0.39, 0.29) is 19.4 Å². The molecule has 0 fully saturated rings. The van der Waals surface area contributed by atoms with Crippen molar-refractivity contribution < 1.29 is 47.5 Å². The highest BCUT2D eigenvalue weighted by atomic mass is 31.2. The molecular weight excluding hydrogens is 589 g/mol. The molecule has 0 rings (SSSR count). The summed E-state index contributed by atoms with van der Waals surface area (Å²) in [5, 5.41) is 8.78. The van der Waals surface area contributed by atoms with Gasteiger partial charge in [-0.05, 0) is 51.4 Å². The predicted molar refractivity (Wildman–Crippen MR) is 171 cm³/mol. The molecule has 0 bridgehead atoms. The van der Waals surface area contributed by atoms with Crippen molar-refractivity contribution in [3.05, 3.63) is 60.8 Å².